The molecule has 1 aromatic rings. The van der Waals surface area contributed by atoms with Crippen LogP contribution in [-0.2, 0) is 4.79 Å². The van der Waals surface area contributed by atoms with Gasteiger partial charge in [-0.3, -0.25) is 9.69 Å². The van der Waals surface area contributed by atoms with Gasteiger partial charge in [-0.1, -0.05) is 63.1 Å². The molecule has 4 heteroatoms. The van der Waals surface area contributed by atoms with Crippen molar-refractivity contribution in [3.8, 4) is 5.75 Å². The van der Waals surface area contributed by atoms with Gasteiger partial charge in [-0.05, 0) is 67.9 Å². The highest BCUT2D eigenvalue weighted by atomic mass is 16.5. The Bertz CT molecular complexity index is 718. The normalized spacial score (nSPS) is 27.5. The van der Waals surface area contributed by atoms with Gasteiger partial charge < -0.3 is 9.84 Å². The second-order valence-electron chi connectivity index (χ2n) is 11.1. The van der Waals surface area contributed by atoms with Crippen molar-refractivity contribution in [2.45, 2.75) is 102 Å². The van der Waals surface area contributed by atoms with Crippen molar-refractivity contribution in [2.24, 2.45) is 17.8 Å². The number of ether oxygens (including phenoxy) is 1. The number of rotatable bonds is 9. The second kappa shape index (κ2) is 12.2. The average molecular weight is 456 g/mol. The van der Waals surface area contributed by atoms with E-state index in [-0.39, 0.29) is 18.3 Å². The molecule has 4 nitrogen and oxygen atoms in total. The molecule has 0 amide bonds. The van der Waals surface area contributed by atoms with E-state index < -0.39 is 5.97 Å². The minimum absolute atomic E-state index is 0.178. The maximum Gasteiger partial charge on any atom is 0.303 e. The van der Waals surface area contributed by atoms with Crippen LogP contribution < -0.4 is 4.74 Å². The van der Waals surface area contributed by atoms with Crippen molar-refractivity contribution in [3.05, 3.63) is 29.8 Å². The van der Waals surface area contributed by atoms with Gasteiger partial charge in [0.1, 0.15) is 5.75 Å². The highest BCUT2D eigenvalue weighted by molar-refractivity contribution is 5.67. The molecule has 0 heterocycles. The third kappa shape index (κ3) is 6.53. The van der Waals surface area contributed by atoms with Crippen molar-refractivity contribution in [1.82, 2.24) is 4.90 Å². The zero-order chi connectivity index (χ0) is 23.0. The van der Waals surface area contributed by atoms with Crippen LogP contribution in [0.5, 0.6) is 5.75 Å². The quantitative estimate of drug-likeness (QED) is 0.441. The van der Waals surface area contributed by atoms with Crippen LogP contribution in [0.1, 0.15) is 101 Å². The predicted molar refractivity (Wildman–Crippen MR) is 134 cm³/mol. The average Bonchev–Trinajstić information content (AvgIpc) is 2.84. The lowest BCUT2D eigenvalue weighted by Gasteiger charge is -2.47. The molecule has 3 saturated carbocycles. The van der Waals surface area contributed by atoms with Gasteiger partial charge >= 0.3 is 5.97 Å². The smallest absolute Gasteiger partial charge is 0.303 e. The van der Waals surface area contributed by atoms with E-state index in [0.717, 1.165) is 30.4 Å². The maximum absolute atomic E-state index is 11.9. The lowest BCUT2D eigenvalue weighted by molar-refractivity contribution is -0.138. The first-order valence-electron chi connectivity index (χ1n) is 13.7. The van der Waals surface area contributed by atoms with E-state index in [1.54, 1.807) is 7.11 Å². The van der Waals surface area contributed by atoms with Gasteiger partial charge in [-0.2, -0.15) is 0 Å². The van der Waals surface area contributed by atoms with E-state index in [4.69, 9.17) is 4.74 Å². The molecule has 0 aromatic heterocycles. The van der Waals surface area contributed by atoms with Gasteiger partial charge in [-0.15, -0.1) is 0 Å². The predicted octanol–water partition coefficient (Wildman–Crippen LogP) is 6.88. The first-order chi connectivity index (χ1) is 16.2. The minimum Gasteiger partial charge on any atom is -0.496 e. The third-order valence-corrected chi connectivity index (χ3v) is 8.84. The number of carboxylic acids is 1. The van der Waals surface area contributed by atoms with Crippen LogP contribution >= 0.6 is 0 Å². The van der Waals surface area contributed by atoms with E-state index in [2.05, 4.69) is 23.1 Å². The molecule has 33 heavy (non-hydrogen) atoms. The number of carboxylic acid groups (broad SMARTS) is 1. The standard InChI is InChI=1S/C29H45NO3/c1-33-27-18-9-8-16-25(27)29-24(19-28(31)32)15-10-17-26(29)30(20-22-11-4-2-5-12-22)21-23-13-6-3-7-14-23/h8-9,16,18,22-24,26,29H,2-7,10-15,17,19-21H2,1H3,(H,31,32). The zero-order valence-electron chi connectivity index (χ0n) is 20.7. The molecule has 4 rings (SSSR count). The van der Waals surface area contributed by atoms with Crippen molar-refractivity contribution in [1.29, 1.82) is 0 Å². The van der Waals surface area contributed by atoms with Gasteiger partial charge in [0.2, 0.25) is 0 Å². The monoisotopic (exact) mass is 455 g/mol. The van der Waals surface area contributed by atoms with Gasteiger partial charge in [0, 0.05) is 31.5 Å². The summed E-state index contributed by atoms with van der Waals surface area (Å²) in [6.45, 7) is 2.40. The Labute approximate surface area is 201 Å². The fourth-order valence-electron chi connectivity index (χ4n) is 7.28. The Morgan fingerprint density at radius 1 is 0.879 bits per heavy atom. The topological polar surface area (TPSA) is 49.8 Å². The summed E-state index contributed by atoms with van der Waals surface area (Å²) in [5, 5.41) is 9.76. The largest absolute Gasteiger partial charge is 0.496 e. The summed E-state index contributed by atoms with van der Waals surface area (Å²) in [6, 6.07) is 8.83. The lowest BCUT2D eigenvalue weighted by Crippen LogP contribution is -2.49. The molecule has 3 atom stereocenters. The third-order valence-electron chi connectivity index (χ3n) is 8.84. The van der Waals surface area contributed by atoms with Crippen molar-refractivity contribution in [2.75, 3.05) is 20.2 Å². The van der Waals surface area contributed by atoms with Crippen LogP contribution in [0.4, 0.5) is 0 Å². The molecule has 3 aliphatic carbocycles. The number of hydrogen-bond acceptors (Lipinski definition) is 3. The number of carbonyl (C=O) groups is 1. The Kier molecular flexibility index (Phi) is 9.11. The summed E-state index contributed by atoms with van der Waals surface area (Å²) >= 11 is 0. The molecule has 0 saturated heterocycles. The van der Waals surface area contributed by atoms with E-state index in [1.165, 1.54) is 89.3 Å². The van der Waals surface area contributed by atoms with Crippen molar-refractivity contribution >= 4 is 5.97 Å². The van der Waals surface area contributed by atoms with E-state index in [0.29, 0.717) is 6.04 Å². The maximum atomic E-state index is 11.9. The molecule has 1 N–H and O–H groups in total. The van der Waals surface area contributed by atoms with Gasteiger partial charge in [0.05, 0.1) is 7.11 Å². The number of methoxy groups -OCH3 is 1. The van der Waals surface area contributed by atoms with E-state index in [1.807, 2.05) is 6.07 Å². The van der Waals surface area contributed by atoms with Crippen LogP contribution in [0.25, 0.3) is 0 Å². The Morgan fingerprint density at radius 3 is 2.06 bits per heavy atom. The second-order valence-corrected chi connectivity index (χ2v) is 11.1. The van der Waals surface area contributed by atoms with Crippen molar-refractivity contribution in [3.63, 3.8) is 0 Å². The SMILES string of the molecule is COc1ccccc1C1C(CC(=O)O)CCCC1N(CC1CCCCC1)CC1CCCCC1. The number of aliphatic carboxylic acids is 1. The molecule has 1 aromatic carbocycles. The van der Waals surface area contributed by atoms with Gasteiger partial charge in [-0.25, -0.2) is 0 Å². The van der Waals surface area contributed by atoms with E-state index >= 15 is 0 Å². The summed E-state index contributed by atoms with van der Waals surface area (Å²) in [5.41, 5.74) is 1.23. The lowest BCUT2D eigenvalue weighted by atomic mass is 9.69. The van der Waals surface area contributed by atoms with Crippen LogP contribution in [0, 0.1) is 17.8 Å². The fraction of sp³-hybridized carbons (Fsp3) is 0.759. The molecule has 0 bridgehead atoms. The molecule has 3 unspecified atom stereocenters. The van der Waals surface area contributed by atoms with Crippen molar-refractivity contribution < 1.29 is 14.6 Å². The molecule has 184 valence electrons. The number of nitrogens with zero attached hydrogens (tertiary/aromatic N) is 1. The molecule has 0 radical (unpaired) electrons. The van der Waals surface area contributed by atoms with Gasteiger partial charge in [0.15, 0.2) is 0 Å². The Balaban J connectivity index is 1.64. The molecular weight excluding hydrogens is 410 g/mol. The summed E-state index contributed by atoms with van der Waals surface area (Å²) < 4.78 is 5.81. The zero-order valence-corrected chi connectivity index (χ0v) is 20.7. The van der Waals surface area contributed by atoms with Crippen LogP contribution in [0.15, 0.2) is 24.3 Å². The number of benzene rings is 1. The molecular formula is C29H45NO3. The first-order valence-corrected chi connectivity index (χ1v) is 13.7. The molecule has 3 aliphatic rings. The van der Waals surface area contributed by atoms with E-state index in [9.17, 15) is 9.90 Å². The van der Waals surface area contributed by atoms with Gasteiger partial charge in [0.25, 0.3) is 0 Å². The van der Waals surface area contributed by atoms with Crippen LogP contribution in [0.2, 0.25) is 0 Å². The highest BCUT2D eigenvalue weighted by Crippen LogP contribution is 2.46. The summed E-state index contributed by atoms with van der Waals surface area (Å²) in [4.78, 5) is 14.7. The summed E-state index contributed by atoms with van der Waals surface area (Å²) in [5.74, 6) is 2.30. The summed E-state index contributed by atoms with van der Waals surface area (Å²) in [6.07, 6.45) is 17.4. The molecule has 0 aliphatic heterocycles. The number of hydrogen-bond donors (Lipinski definition) is 1. The molecule has 0 spiro atoms. The fourth-order valence-corrected chi connectivity index (χ4v) is 7.28. The Morgan fingerprint density at radius 2 is 1.48 bits per heavy atom. The van der Waals surface area contributed by atoms with Crippen LogP contribution in [-0.4, -0.2) is 42.2 Å². The Hall–Kier alpha value is -1.55. The summed E-state index contributed by atoms with van der Waals surface area (Å²) in [7, 11) is 1.75. The minimum atomic E-state index is -0.661. The molecule has 3 fully saturated rings. The van der Waals surface area contributed by atoms with Crippen LogP contribution in [0.3, 0.4) is 0 Å². The number of para-hydroxylation sites is 1. The highest BCUT2D eigenvalue weighted by Gasteiger charge is 2.41. The first kappa shape index (κ1) is 24.6.